The fourth-order valence-corrected chi connectivity index (χ4v) is 3.31. The smallest absolute Gasteiger partial charge is 0.247 e. The summed E-state index contributed by atoms with van der Waals surface area (Å²) < 4.78 is 10.7. The Balaban J connectivity index is 2.27. The molecule has 2 aromatic rings. The van der Waals surface area contributed by atoms with Gasteiger partial charge in [0.25, 0.3) is 0 Å². The Morgan fingerprint density at radius 3 is 2.37 bits per heavy atom. The minimum atomic E-state index is -0.565. The molecule has 0 aliphatic rings. The topological polar surface area (TPSA) is 81.9 Å². The van der Waals surface area contributed by atoms with Crippen LogP contribution in [0.1, 0.15) is 43.0 Å². The molecule has 6 nitrogen and oxygen atoms in total. The molecule has 0 bridgehead atoms. The van der Waals surface area contributed by atoms with Gasteiger partial charge in [-0.25, -0.2) is 0 Å². The van der Waals surface area contributed by atoms with Crippen molar-refractivity contribution in [2.75, 3.05) is 20.8 Å². The first-order chi connectivity index (χ1) is 14.4. The van der Waals surface area contributed by atoms with E-state index in [1.807, 2.05) is 31.2 Å². The average Bonchev–Trinajstić information content (AvgIpc) is 2.75. The molecule has 2 aromatic carbocycles. The van der Waals surface area contributed by atoms with Crippen LogP contribution in [0.3, 0.4) is 0 Å². The molecule has 0 spiro atoms. The van der Waals surface area contributed by atoms with Gasteiger partial charge in [0.1, 0.15) is 6.54 Å². The molecule has 0 aromatic heterocycles. The predicted octanol–water partition coefficient (Wildman–Crippen LogP) is 3.74. The van der Waals surface area contributed by atoms with Crippen LogP contribution in [0.25, 0.3) is 6.08 Å². The number of carbonyl (C=O) groups excluding carboxylic acids is 2. The normalized spacial score (nSPS) is 11.9. The van der Waals surface area contributed by atoms with E-state index in [4.69, 9.17) is 15.2 Å². The lowest BCUT2D eigenvalue weighted by molar-refractivity contribution is -0.133. The summed E-state index contributed by atoms with van der Waals surface area (Å²) in [6, 6.07) is 13.2. The first-order valence-electron chi connectivity index (χ1n) is 9.98. The van der Waals surface area contributed by atoms with Crippen LogP contribution in [0.5, 0.6) is 11.5 Å². The molecule has 0 unspecified atom stereocenters. The maximum absolute atomic E-state index is 12.9. The molecule has 30 heavy (non-hydrogen) atoms. The van der Waals surface area contributed by atoms with Gasteiger partial charge >= 0.3 is 0 Å². The molecule has 0 fully saturated rings. The van der Waals surface area contributed by atoms with Crippen molar-refractivity contribution in [3.8, 4) is 11.5 Å². The first kappa shape index (κ1) is 23.0. The van der Waals surface area contributed by atoms with Crippen molar-refractivity contribution in [2.24, 2.45) is 5.73 Å². The molecular formula is C24H30N2O4. The van der Waals surface area contributed by atoms with Gasteiger partial charge in [0.05, 0.1) is 20.3 Å². The Labute approximate surface area is 178 Å². The summed E-state index contributed by atoms with van der Waals surface area (Å²) in [6.45, 7) is 3.85. The van der Waals surface area contributed by atoms with Crippen molar-refractivity contribution in [1.29, 1.82) is 0 Å². The van der Waals surface area contributed by atoms with Gasteiger partial charge in [-0.15, -0.1) is 0 Å². The second-order valence-corrected chi connectivity index (χ2v) is 7.02. The summed E-state index contributed by atoms with van der Waals surface area (Å²) in [5, 5.41) is 0. The van der Waals surface area contributed by atoms with Gasteiger partial charge in [-0.05, 0) is 36.6 Å². The highest BCUT2D eigenvalue weighted by Gasteiger charge is 2.22. The Morgan fingerprint density at radius 2 is 1.80 bits per heavy atom. The van der Waals surface area contributed by atoms with E-state index in [0.717, 1.165) is 18.4 Å². The lowest BCUT2D eigenvalue weighted by Gasteiger charge is -2.27. The highest BCUT2D eigenvalue weighted by molar-refractivity contribution is 5.94. The Morgan fingerprint density at radius 1 is 1.10 bits per heavy atom. The first-order valence-corrected chi connectivity index (χ1v) is 9.98. The summed E-state index contributed by atoms with van der Waals surface area (Å²) in [7, 11) is 3.10. The maximum atomic E-state index is 12.9. The second kappa shape index (κ2) is 11.0. The van der Waals surface area contributed by atoms with Gasteiger partial charge in [0.15, 0.2) is 11.5 Å². The SMILES string of the molecule is CCCc1ccc([C@H](C)N(CC(N)=O)C(=O)/C=C\c2cccc(OC)c2OC)cc1. The van der Waals surface area contributed by atoms with E-state index in [0.29, 0.717) is 17.1 Å². The minimum absolute atomic E-state index is 0.170. The molecule has 2 N–H and O–H groups in total. The van der Waals surface area contributed by atoms with Crippen LogP contribution in [-0.2, 0) is 16.0 Å². The molecular weight excluding hydrogens is 380 g/mol. The number of rotatable bonds is 10. The van der Waals surface area contributed by atoms with Gasteiger partial charge in [0, 0.05) is 11.6 Å². The van der Waals surface area contributed by atoms with Crippen LogP contribution in [0.2, 0.25) is 0 Å². The van der Waals surface area contributed by atoms with Crippen molar-refractivity contribution >= 4 is 17.9 Å². The number of para-hydroxylation sites is 1. The summed E-state index contributed by atoms with van der Waals surface area (Å²) in [4.78, 5) is 26.0. The van der Waals surface area contributed by atoms with Crippen LogP contribution in [0, 0.1) is 0 Å². The average molecular weight is 411 g/mol. The summed E-state index contributed by atoms with van der Waals surface area (Å²) in [6.07, 6.45) is 5.14. The van der Waals surface area contributed by atoms with E-state index >= 15 is 0 Å². The summed E-state index contributed by atoms with van der Waals surface area (Å²) >= 11 is 0. The number of methoxy groups -OCH3 is 2. The lowest BCUT2D eigenvalue weighted by Crippen LogP contribution is -2.39. The number of nitrogens with zero attached hydrogens (tertiary/aromatic N) is 1. The van der Waals surface area contributed by atoms with Crippen molar-refractivity contribution in [3.05, 3.63) is 65.2 Å². The number of carbonyl (C=O) groups is 2. The Kier molecular flexibility index (Phi) is 8.47. The van der Waals surface area contributed by atoms with E-state index in [1.165, 1.54) is 16.5 Å². The fraction of sp³-hybridized carbons (Fsp3) is 0.333. The molecule has 0 saturated heterocycles. The van der Waals surface area contributed by atoms with E-state index in [2.05, 4.69) is 19.1 Å². The van der Waals surface area contributed by atoms with E-state index in [-0.39, 0.29) is 18.5 Å². The molecule has 6 heteroatoms. The van der Waals surface area contributed by atoms with Gasteiger partial charge in [-0.2, -0.15) is 0 Å². The van der Waals surface area contributed by atoms with Crippen LogP contribution in [-0.4, -0.2) is 37.5 Å². The van der Waals surface area contributed by atoms with E-state index in [9.17, 15) is 9.59 Å². The summed E-state index contributed by atoms with van der Waals surface area (Å²) in [5.41, 5.74) is 8.29. The number of amides is 2. The third-order valence-electron chi connectivity index (χ3n) is 4.92. The van der Waals surface area contributed by atoms with Gasteiger partial charge in [-0.1, -0.05) is 49.7 Å². The molecule has 1 atom stereocenters. The minimum Gasteiger partial charge on any atom is -0.493 e. The largest absolute Gasteiger partial charge is 0.493 e. The number of primary amides is 1. The van der Waals surface area contributed by atoms with Crippen LogP contribution in [0.15, 0.2) is 48.5 Å². The molecule has 0 radical (unpaired) electrons. The van der Waals surface area contributed by atoms with Crippen LogP contribution in [0.4, 0.5) is 0 Å². The fourth-order valence-electron chi connectivity index (χ4n) is 3.31. The van der Waals surface area contributed by atoms with Crippen molar-refractivity contribution in [1.82, 2.24) is 4.90 Å². The van der Waals surface area contributed by atoms with Gasteiger partial charge in [-0.3, -0.25) is 9.59 Å². The highest BCUT2D eigenvalue weighted by atomic mass is 16.5. The Bertz CT molecular complexity index is 891. The molecule has 0 saturated carbocycles. The highest BCUT2D eigenvalue weighted by Crippen LogP contribution is 2.31. The Hall–Kier alpha value is -3.28. The maximum Gasteiger partial charge on any atom is 0.247 e. The van der Waals surface area contributed by atoms with Crippen molar-refractivity contribution in [2.45, 2.75) is 32.7 Å². The molecule has 2 amide bonds. The predicted molar refractivity (Wildman–Crippen MR) is 118 cm³/mol. The van der Waals surface area contributed by atoms with Gasteiger partial charge in [0.2, 0.25) is 11.8 Å². The van der Waals surface area contributed by atoms with E-state index < -0.39 is 5.91 Å². The molecule has 160 valence electrons. The number of hydrogen-bond acceptors (Lipinski definition) is 4. The third-order valence-corrected chi connectivity index (χ3v) is 4.92. The van der Waals surface area contributed by atoms with E-state index in [1.54, 1.807) is 26.4 Å². The third kappa shape index (κ3) is 5.86. The molecule has 0 aliphatic heterocycles. The molecule has 0 aliphatic carbocycles. The lowest BCUT2D eigenvalue weighted by atomic mass is 10.0. The number of hydrogen-bond donors (Lipinski definition) is 1. The van der Waals surface area contributed by atoms with Crippen LogP contribution >= 0.6 is 0 Å². The monoisotopic (exact) mass is 410 g/mol. The quantitative estimate of drug-likeness (QED) is 0.605. The standard InChI is InChI=1S/C24H30N2O4/c1-5-7-18-10-12-19(13-11-18)17(2)26(16-22(25)27)23(28)15-14-20-8-6-9-21(29-3)24(20)30-4/h6,8-15,17H,5,7,16H2,1-4H3,(H2,25,27)/b15-14-/t17-/m0/s1. The number of benzene rings is 2. The number of nitrogens with two attached hydrogens (primary N) is 1. The van der Waals surface area contributed by atoms with Crippen molar-refractivity contribution < 1.29 is 19.1 Å². The second-order valence-electron chi connectivity index (χ2n) is 7.02. The number of ether oxygens (including phenoxy) is 2. The number of aryl methyl sites for hydroxylation is 1. The zero-order valence-electron chi connectivity index (χ0n) is 18.1. The summed E-state index contributed by atoms with van der Waals surface area (Å²) in [5.74, 6) is 0.223. The zero-order chi connectivity index (χ0) is 22.1. The molecule has 2 rings (SSSR count). The van der Waals surface area contributed by atoms with Crippen molar-refractivity contribution in [3.63, 3.8) is 0 Å². The zero-order valence-corrected chi connectivity index (χ0v) is 18.1. The molecule has 0 heterocycles. The van der Waals surface area contributed by atoms with Gasteiger partial charge < -0.3 is 20.1 Å². The van der Waals surface area contributed by atoms with Crippen LogP contribution < -0.4 is 15.2 Å².